The molecule has 3 rings (SSSR count). The summed E-state index contributed by atoms with van der Waals surface area (Å²) in [6.07, 6.45) is 0. The smallest absolute Gasteiger partial charge is 0.394 e. The lowest BCUT2D eigenvalue weighted by molar-refractivity contribution is -0.147. The Labute approximate surface area is 158 Å². The van der Waals surface area contributed by atoms with E-state index in [-0.39, 0.29) is 5.82 Å². The van der Waals surface area contributed by atoms with Gasteiger partial charge in [0, 0.05) is 11.3 Å². The zero-order chi connectivity index (χ0) is 19.4. The van der Waals surface area contributed by atoms with E-state index in [0.717, 1.165) is 21.1 Å². The highest BCUT2D eigenvalue weighted by Crippen LogP contribution is 2.29. The number of hydrogen-bond acceptors (Lipinski definition) is 5. The van der Waals surface area contributed by atoms with E-state index in [2.05, 4.69) is 10.3 Å². The standard InChI is InChI=1S/C19H15FN2O4S/c1-11-16(27-18(21-11)12-2-4-13(20)5-3-12)10-26-15-8-6-14(7-9-15)22-17(23)19(24)25/h2-9H,10H2,1H3,(H,22,23)(H,24,25). The maximum Gasteiger partial charge on any atom is 0.394 e. The fourth-order valence-corrected chi connectivity index (χ4v) is 3.23. The first-order chi connectivity index (χ1) is 12.9. The van der Waals surface area contributed by atoms with Crippen LogP contribution in [0.1, 0.15) is 10.6 Å². The van der Waals surface area contributed by atoms with Crippen LogP contribution in [0, 0.1) is 12.7 Å². The molecule has 0 aliphatic heterocycles. The summed E-state index contributed by atoms with van der Waals surface area (Å²) in [7, 11) is 0. The minimum absolute atomic E-state index is 0.293. The van der Waals surface area contributed by atoms with Crippen molar-refractivity contribution in [2.45, 2.75) is 13.5 Å². The second kappa shape index (κ2) is 7.96. The molecule has 1 aromatic heterocycles. The number of nitrogens with one attached hydrogen (secondary N) is 1. The van der Waals surface area contributed by atoms with Crippen LogP contribution in [0.2, 0.25) is 0 Å². The van der Waals surface area contributed by atoms with Crippen molar-refractivity contribution in [3.63, 3.8) is 0 Å². The van der Waals surface area contributed by atoms with Crippen LogP contribution in [-0.2, 0) is 16.2 Å². The number of carbonyl (C=O) groups excluding carboxylic acids is 1. The van der Waals surface area contributed by atoms with E-state index in [1.54, 1.807) is 36.4 Å². The average molecular weight is 386 g/mol. The molecule has 1 heterocycles. The predicted octanol–water partition coefficient (Wildman–Crippen LogP) is 3.86. The zero-order valence-electron chi connectivity index (χ0n) is 14.2. The van der Waals surface area contributed by atoms with Crippen molar-refractivity contribution in [1.82, 2.24) is 4.98 Å². The van der Waals surface area contributed by atoms with Crippen LogP contribution in [0.4, 0.5) is 10.1 Å². The van der Waals surface area contributed by atoms with E-state index in [1.807, 2.05) is 6.92 Å². The summed E-state index contributed by atoms with van der Waals surface area (Å²) in [5.74, 6) is -2.37. The lowest BCUT2D eigenvalue weighted by atomic mass is 10.2. The fourth-order valence-electron chi connectivity index (χ4n) is 2.25. The van der Waals surface area contributed by atoms with Gasteiger partial charge in [-0.2, -0.15) is 0 Å². The lowest BCUT2D eigenvalue weighted by Gasteiger charge is -2.07. The first kappa shape index (κ1) is 18.5. The third-order valence-electron chi connectivity index (χ3n) is 3.66. The molecule has 6 nitrogen and oxygen atoms in total. The molecule has 0 radical (unpaired) electrons. The third-order valence-corrected chi connectivity index (χ3v) is 4.84. The zero-order valence-corrected chi connectivity index (χ0v) is 15.0. The SMILES string of the molecule is Cc1nc(-c2ccc(F)cc2)sc1COc1ccc(NC(=O)C(=O)O)cc1. The van der Waals surface area contributed by atoms with Gasteiger partial charge in [0.15, 0.2) is 0 Å². The normalized spacial score (nSPS) is 10.4. The number of nitrogens with zero attached hydrogens (tertiary/aromatic N) is 1. The Morgan fingerprint density at radius 2 is 1.81 bits per heavy atom. The van der Waals surface area contributed by atoms with Gasteiger partial charge < -0.3 is 15.2 Å². The molecule has 138 valence electrons. The largest absolute Gasteiger partial charge is 0.488 e. The second-order valence-electron chi connectivity index (χ2n) is 5.61. The average Bonchev–Trinajstić information content (AvgIpc) is 3.02. The summed E-state index contributed by atoms with van der Waals surface area (Å²) < 4.78 is 18.8. The van der Waals surface area contributed by atoms with E-state index in [4.69, 9.17) is 9.84 Å². The number of carboxylic acid groups (broad SMARTS) is 1. The Morgan fingerprint density at radius 3 is 2.44 bits per heavy atom. The van der Waals surface area contributed by atoms with Crippen molar-refractivity contribution >= 4 is 28.9 Å². The predicted molar refractivity (Wildman–Crippen MR) is 99.3 cm³/mol. The van der Waals surface area contributed by atoms with Crippen LogP contribution in [0.15, 0.2) is 48.5 Å². The summed E-state index contributed by atoms with van der Waals surface area (Å²) in [5.41, 5.74) is 2.04. The molecule has 1 amide bonds. The third kappa shape index (κ3) is 4.68. The molecule has 0 atom stereocenters. The Kier molecular flexibility index (Phi) is 5.46. The number of amides is 1. The lowest BCUT2D eigenvalue weighted by Crippen LogP contribution is -2.21. The van der Waals surface area contributed by atoms with E-state index in [9.17, 15) is 14.0 Å². The molecule has 2 N–H and O–H groups in total. The van der Waals surface area contributed by atoms with E-state index in [0.29, 0.717) is 18.0 Å². The molecule has 27 heavy (non-hydrogen) atoms. The van der Waals surface area contributed by atoms with E-state index < -0.39 is 11.9 Å². The van der Waals surface area contributed by atoms with E-state index in [1.165, 1.54) is 23.5 Å². The second-order valence-corrected chi connectivity index (χ2v) is 6.69. The molecular formula is C19H15FN2O4S. The highest BCUT2D eigenvalue weighted by atomic mass is 32.1. The van der Waals surface area contributed by atoms with E-state index >= 15 is 0 Å². The molecule has 2 aromatic carbocycles. The van der Waals surface area contributed by atoms with Crippen LogP contribution >= 0.6 is 11.3 Å². The van der Waals surface area contributed by atoms with Crippen LogP contribution in [0.25, 0.3) is 10.6 Å². The monoisotopic (exact) mass is 386 g/mol. The maximum absolute atomic E-state index is 13.0. The van der Waals surface area contributed by atoms with Gasteiger partial charge in [-0.1, -0.05) is 0 Å². The summed E-state index contributed by atoms with van der Waals surface area (Å²) in [6.45, 7) is 2.19. The van der Waals surface area contributed by atoms with Crippen molar-refractivity contribution in [2.24, 2.45) is 0 Å². The summed E-state index contributed by atoms with van der Waals surface area (Å²) in [5, 5.41) is 11.6. The number of benzene rings is 2. The van der Waals surface area contributed by atoms with Crippen LogP contribution in [0.5, 0.6) is 5.75 Å². The minimum atomic E-state index is -1.55. The Hall–Kier alpha value is -3.26. The molecule has 0 spiro atoms. The van der Waals surface area contributed by atoms with Crippen LogP contribution in [-0.4, -0.2) is 22.0 Å². The van der Waals surface area contributed by atoms with Crippen molar-refractivity contribution < 1.29 is 23.8 Å². The number of ether oxygens (including phenoxy) is 1. The quantitative estimate of drug-likeness (QED) is 0.650. The number of aromatic nitrogens is 1. The number of aliphatic carboxylic acids is 1. The number of rotatable bonds is 5. The fraction of sp³-hybridized carbons (Fsp3) is 0.105. The topological polar surface area (TPSA) is 88.5 Å². The van der Waals surface area contributed by atoms with Gasteiger partial charge in [0.2, 0.25) is 0 Å². The van der Waals surface area contributed by atoms with Gasteiger partial charge in [0.1, 0.15) is 23.2 Å². The van der Waals surface area contributed by atoms with Gasteiger partial charge in [0.05, 0.1) is 10.6 Å². The molecule has 8 heteroatoms. The molecule has 0 bridgehead atoms. The van der Waals surface area contributed by atoms with Gasteiger partial charge in [-0.25, -0.2) is 14.2 Å². The van der Waals surface area contributed by atoms with Crippen LogP contribution < -0.4 is 10.1 Å². The van der Waals surface area contributed by atoms with Gasteiger partial charge >= 0.3 is 11.9 Å². The molecule has 0 fully saturated rings. The highest BCUT2D eigenvalue weighted by Gasteiger charge is 2.12. The van der Waals surface area contributed by atoms with Gasteiger partial charge in [0.25, 0.3) is 0 Å². The number of anilines is 1. The molecule has 0 aliphatic rings. The molecule has 0 saturated carbocycles. The van der Waals surface area contributed by atoms with Crippen LogP contribution in [0.3, 0.4) is 0 Å². The first-order valence-electron chi connectivity index (χ1n) is 7.92. The van der Waals surface area contributed by atoms with Crippen molar-refractivity contribution in [3.8, 4) is 16.3 Å². The summed E-state index contributed by atoms with van der Waals surface area (Å²) in [4.78, 5) is 27.1. The van der Waals surface area contributed by atoms with Gasteiger partial charge in [-0.3, -0.25) is 4.79 Å². The molecular weight excluding hydrogens is 371 g/mol. The number of hydrogen-bond donors (Lipinski definition) is 2. The number of carboxylic acids is 1. The summed E-state index contributed by atoms with van der Waals surface area (Å²) in [6, 6.07) is 12.5. The van der Waals surface area contributed by atoms with Crippen molar-refractivity contribution in [2.75, 3.05) is 5.32 Å². The number of aryl methyl sites for hydroxylation is 1. The van der Waals surface area contributed by atoms with Crippen molar-refractivity contribution in [3.05, 3.63) is 64.9 Å². The molecule has 0 unspecified atom stereocenters. The number of thiazole rings is 1. The molecule has 0 saturated heterocycles. The Morgan fingerprint density at radius 1 is 1.15 bits per heavy atom. The first-order valence-corrected chi connectivity index (χ1v) is 8.73. The Balaban J connectivity index is 1.64. The Bertz CT molecular complexity index is 968. The maximum atomic E-state index is 13.0. The number of halogens is 1. The highest BCUT2D eigenvalue weighted by molar-refractivity contribution is 7.15. The van der Waals surface area contributed by atoms with Gasteiger partial charge in [-0.15, -0.1) is 11.3 Å². The molecule has 3 aromatic rings. The van der Waals surface area contributed by atoms with Gasteiger partial charge in [-0.05, 0) is 55.5 Å². The number of carbonyl (C=O) groups is 2. The van der Waals surface area contributed by atoms with Crippen molar-refractivity contribution in [1.29, 1.82) is 0 Å². The summed E-state index contributed by atoms with van der Waals surface area (Å²) >= 11 is 1.47. The molecule has 0 aliphatic carbocycles. The minimum Gasteiger partial charge on any atom is -0.488 e.